The van der Waals surface area contributed by atoms with Crippen LogP contribution in [0.4, 0.5) is 0 Å². The maximum absolute atomic E-state index is 5.43. The van der Waals surface area contributed by atoms with Gasteiger partial charge in [0.25, 0.3) is 0 Å². The predicted octanol–water partition coefficient (Wildman–Crippen LogP) is 2.24. The van der Waals surface area contributed by atoms with Crippen molar-refractivity contribution in [1.29, 1.82) is 0 Å². The van der Waals surface area contributed by atoms with Crippen molar-refractivity contribution in [2.75, 3.05) is 7.11 Å². The molecule has 0 amide bonds. The van der Waals surface area contributed by atoms with Crippen molar-refractivity contribution in [1.82, 2.24) is 38.9 Å². The number of fused-ring (bicyclic) bond motifs is 2. The summed E-state index contributed by atoms with van der Waals surface area (Å²) in [5.41, 5.74) is 5.49. The van der Waals surface area contributed by atoms with Crippen LogP contribution in [0, 0.1) is 6.92 Å². The lowest BCUT2D eigenvalue weighted by atomic mass is 10.1. The highest BCUT2D eigenvalue weighted by Gasteiger charge is 2.16. The molecule has 0 aromatic carbocycles. The fourth-order valence-electron chi connectivity index (χ4n) is 3.49. The molecule has 0 N–H and O–H groups in total. The van der Waals surface area contributed by atoms with Gasteiger partial charge in [0.15, 0.2) is 5.65 Å². The number of aromatic nitrogens is 8. The average Bonchev–Trinajstić information content (AvgIpc) is 3.39. The highest BCUT2D eigenvalue weighted by atomic mass is 16.5. The molecule has 28 heavy (non-hydrogen) atoms. The van der Waals surface area contributed by atoms with Crippen LogP contribution in [0.25, 0.3) is 27.8 Å². The molecular formula is C19H18N8O. The minimum Gasteiger partial charge on any atom is -0.479 e. The molecule has 0 aliphatic heterocycles. The predicted molar refractivity (Wildman–Crippen MR) is 103 cm³/mol. The lowest BCUT2D eigenvalue weighted by molar-refractivity contribution is 0.399. The normalized spacial score (nSPS) is 11.5. The number of ether oxygens (including phenoxy) is 1. The zero-order chi connectivity index (χ0) is 19.3. The number of nitrogens with zero attached hydrogens (tertiary/aromatic N) is 8. The van der Waals surface area contributed by atoms with Crippen molar-refractivity contribution in [2.24, 2.45) is 7.05 Å². The van der Waals surface area contributed by atoms with E-state index in [0.717, 1.165) is 39.3 Å². The van der Waals surface area contributed by atoms with Gasteiger partial charge in [-0.25, -0.2) is 14.5 Å². The molecular weight excluding hydrogens is 356 g/mol. The first kappa shape index (κ1) is 16.4. The SMILES string of the molecule is COc1ncnn2ccc(-c3cnc4nc(C)n(Cc5ccnn5C)c4c3)c12. The fourth-order valence-corrected chi connectivity index (χ4v) is 3.49. The molecule has 0 aliphatic rings. The van der Waals surface area contributed by atoms with Crippen LogP contribution in [0.2, 0.25) is 0 Å². The maximum atomic E-state index is 5.43. The second-order valence-corrected chi connectivity index (χ2v) is 6.55. The Kier molecular flexibility index (Phi) is 3.61. The molecule has 0 fully saturated rings. The number of pyridine rings is 1. The average molecular weight is 374 g/mol. The first-order chi connectivity index (χ1) is 13.7. The Balaban J connectivity index is 1.68. The van der Waals surface area contributed by atoms with E-state index < -0.39 is 0 Å². The molecule has 0 saturated carbocycles. The third-order valence-electron chi connectivity index (χ3n) is 4.96. The summed E-state index contributed by atoms with van der Waals surface area (Å²) in [4.78, 5) is 13.4. The monoisotopic (exact) mass is 374 g/mol. The number of methoxy groups -OCH3 is 1. The van der Waals surface area contributed by atoms with Gasteiger partial charge in [-0.05, 0) is 25.1 Å². The number of hydrogen-bond acceptors (Lipinski definition) is 6. The van der Waals surface area contributed by atoms with E-state index in [4.69, 9.17) is 4.74 Å². The van der Waals surface area contributed by atoms with Crippen molar-refractivity contribution in [3.63, 3.8) is 0 Å². The molecule has 0 atom stereocenters. The minimum absolute atomic E-state index is 0.523. The molecule has 0 unspecified atom stereocenters. The molecule has 0 aliphatic carbocycles. The molecule has 5 rings (SSSR count). The summed E-state index contributed by atoms with van der Waals surface area (Å²) >= 11 is 0. The molecule has 140 valence electrons. The number of aryl methyl sites for hydroxylation is 2. The number of hydrogen-bond donors (Lipinski definition) is 0. The largest absolute Gasteiger partial charge is 0.479 e. The third-order valence-corrected chi connectivity index (χ3v) is 4.96. The molecule has 5 aromatic rings. The molecule has 9 nitrogen and oxygen atoms in total. The van der Waals surface area contributed by atoms with Crippen LogP contribution >= 0.6 is 0 Å². The second kappa shape index (κ2) is 6.15. The first-order valence-electron chi connectivity index (χ1n) is 8.82. The first-order valence-corrected chi connectivity index (χ1v) is 8.82. The molecule has 0 radical (unpaired) electrons. The Hall–Kier alpha value is -3.75. The minimum atomic E-state index is 0.523. The van der Waals surface area contributed by atoms with Gasteiger partial charge in [0.1, 0.15) is 17.7 Å². The quantitative estimate of drug-likeness (QED) is 0.479. The van der Waals surface area contributed by atoms with E-state index in [2.05, 4.69) is 35.8 Å². The van der Waals surface area contributed by atoms with Crippen molar-refractivity contribution >= 4 is 16.7 Å². The van der Waals surface area contributed by atoms with Gasteiger partial charge in [0.05, 0.1) is 24.9 Å². The molecule has 0 saturated heterocycles. The maximum Gasteiger partial charge on any atom is 0.241 e. The smallest absolute Gasteiger partial charge is 0.241 e. The van der Waals surface area contributed by atoms with Crippen molar-refractivity contribution in [3.8, 4) is 17.0 Å². The third kappa shape index (κ3) is 2.43. The van der Waals surface area contributed by atoms with Gasteiger partial charge in [0.2, 0.25) is 5.88 Å². The Bertz CT molecular complexity index is 1310. The van der Waals surface area contributed by atoms with Crippen LogP contribution in [-0.4, -0.2) is 46.0 Å². The van der Waals surface area contributed by atoms with Crippen LogP contribution in [0.1, 0.15) is 11.5 Å². The van der Waals surface area contributed by atoms with Crippen LogP contribution in [-0.2, 0) is 13.6 Å². The van der Waals surface area contributed by atoms with Crippen molar-refractivity contribution in [3.05, 3.63) is 54.6 Å². The van der Waals surface area contributed by atoms with Gasteiger partial charge < -0.3 is 9.30 Å². The highest BCUT2D eigenvalue weighted by Crippen LogP contribution is 2.31. The van der Waals surface area contributed by atoms with E-state index in [1.165, 1.54) is 6.33 Å². The molecule has 5 aromatic heterocycles. The topological polar surface area (TPSA) is 87.9 Å². The zero-order valence-corrected chi connectivity index (χ0v) is 15.7. The molecule has 0 spiro atoms. The van der Waals surface area contributed by atoms with Crippen LogP contribution < -0.4 is 4.74 Å². The summed E-state index contributed by atoms with van der Waals surface area (Å²) in [6.45, 7) is 2.66. The lowest BCUT2D eigenvalue weighted by Crippen LogP contribution is -2.07. The molecule has 5 heterocycles. The van der Waals surface area contributed by atoms with E-state index >= 15 is 0 Å². The summed E-state index contributed by atoms with van der Waals surface area (Å²) in [5.74, 6) is 1.43. The van der Waals surface area contributed by atoms with E-state index in [-0.39, 0.29) is 0 Å². The van der Waals surface area contributed by atoms with Crippen LogP contribution in [0.3, 0.4) is 0 Å². The van der Waals surface area contributed by atoms with E-state index in [1.54, 1.807) is 17.8 Å². The van der Waals surface area contributed by atoms with E-state index in [9.17, 15) is 0 Å². The lowest BCUT2D eigenvalue weighted by Gasteiger charge is -2.08. The van der Waals surface area contributed by atoms with E-state index in [0.29, 0.717) is 12.4 Å². The summed E-state index contributed by atoms with van der Waals surface area (Å²) in [6.07, 6.45) is 6.98. The van der Waals surface area contributed by atoms with E-state index in [1.807, 2.05) is 43.2 Å². The summed E-state index contributed by atoms with van der Waals surface area (Å²) in [6, 6.07) is 6.09. The van der Waals surface area contributed by atoms with Gasteiger partial charge in [-0.1, -0.05) is 0 Å². The number of rotatable bonds is 4. The number of imidazole rings is 1. The summed E-state index contributed by atoms with van der Waals surface area (Å²) in [7, 11) is 3.54. The zero-order valence-electron chi connectivity index (χ0n) is 15.7. The van der Waals surface area contributed by atoms with Crippen LogP contribution in [0.15, 0.2) is 43.1 Å². The Morgan fingerprint density at radius 2 is 2.04 bits per heavy atom. The standard InChI is InChI=1S/C19H18N8O/c1-12-24-18-16(26(12)10-14-4-6-22-25(14)2)8-13(9-20-18)15-5-7-27-17(15)19(28-3)21-11-23-27/h4-9,11H,10H2,1-3H3. The van der Waals surface area contributed by atoms with Crippen LogP contribution in [0.5, 0.6) is 5.88 Å². The summed E-state index contributed by atoms with van der Waals surface area (Å²) < 4.78 is 11.2. The van der Waals surface area contributed by atoms with Gasteiger partial charge in [-0.3, -0.25) is 4.68 Å². The molecule has 0 bridgehead atoms. The van der Waals surface area contributed by atoms with Gasteiger partial charge >= 0.3 is 0 Å². The Morgan fingerprint density at radius 3 is 2.82 bits per heavy atom. The summed E-state index contributed by atoms with van der Waals surface area (Å²) in [5, 5.41) is 8.51. The van der Waals surface area contributed by atoms with Gasteiger partial charge in [-0.15, -0.1) is 0 Å². The van der Waals surface area contributed by atoms with Crippen molar-refractivity contribution < 1.29 is 4.74 Å². The Labute approximate surface area is 160 Å². The van der Waals surface area contributed by atoms with Gasteiger partial charge in [0, 0.05) is 36.8 Å². The van der Waals surface area contributed by atoms with Gasteiger partial charge in [-0.2, -0.15) is 15.2 Å². The second-order valence-electron chi connectivity index (χ2n) is 6.55. The fraction of sp³-hybridized carbons (Fsp3) is 0.211. The highest BCUT2D eigenvalue weighted by molar-refractivity contribution is 5.87. The molecule has 9 heteroatoms. The van der Waals surface area contributed by atoms with Crippen molar-refractivity contribution in [2.45, 2.75) is 13.5 Å². The Morgan fingerprint density at radius 1 is 1.14 bits per heavy atom.